The normalized spacial score (nSPS) is 14.9. The highest BCUT2D eigenvalue weighted by Gasteiger charge is 2.25. The van der Waals surface area contributed by atoms with Crippen LogP contribution in [0, 0.1) is 0 Å². The molecule has 0 spiro atoms. The average Bonchev–Trinajstić information content (AvgIpc) is 3.00. The van der Waals surface area contributed by atoms with Crippen molar-refractivity contribution in [3.63, 3.8) is 0 Å². The number of rotatable bonds is 5. The summed E-state index contributed by atoms with van der Waals surface area (Å²) in [6.45, 7) is 0.333. The Kier molecular flexibility index (Phi) is 5.75. The Hall–Kier alpha value is -1.88. The number of benzene rings is 1. The van der Waals surface area contributed by atoms with Gasteiger partial charge in [0.15, 0.2) is 0 Å². The topological polar surface area (TPSA) is 69.6 Å². The van der Waals surface area contributed by atoms with Gasteiger partial charge in [-0.3, -0.25) is 9.59 Å². The minimum absolute atomic E-state index is 0.120. The monoisotopic (exact) mass is 290 g/mol. The lowest BCUT2D eigenvalue weighted by molar-refractivity contribution is -0.147. The van der Waals surface area contributed by atoms with E-state index in [0.717, 1.165) is 31.2 Å². The first-order chi connectivity index (χ1) is 10.2. The van der Waals surface area contributed by atoms with Crippen LogP contribution < -0.4 is 5.32 Å². The minimum Gasteiger partial charge on any atom is -0.395 e. The van der Waals surface area contributed by atoms with E-state index in [1.807, 2.05) is 30.3 Å². The summed E-state index contributed by atoms with van der Waals surface area (Å²) in [5.74, 6) is -1.13. The van der Waals surface area contributed by atoms with E-state index >= 15 is 0 Å². The van der Waals surface area contributed by atoms with Crippen molar-refractivity contribution >= 4 is 11.8 Å². The molecule has 5 nitrogen and oxygen atoms in total. The van der Waals surface area contributed by atoms with Crippen LogP contribution in [0.3, 0.4) is 0 Å². The third-order valence-electron chi connectivity index (χ3n) is 3.76. The van der Waals surface area contributed by atoms with E-state index in [0.29, 0.717) is 6.54 Å². The highest BCUT2D eigenvalue weighted by Crippen LogP contribution is 2.17. The van der Waals surface area contributed by atoms with E-state index in [2.05, 4.69) is 5.32 Å². The summed E-state index contributed by atoms with van der Waals surface area (Å²) >= 11 is 0. The summed E-state index contributed by atoms with van der Waals surface area (Å²) in [5.41, 5.74) is 0.938. The molecule has 0 atom stereocenters. The number of nitrogens with zero attached hydrogens (tertiary/aromatic N) is 1. The summed E-state index contributed by atoms with van der Waals surface area (Å²) in [6, 6.07) is 9.58. The highest BCUT2D eigenvalue weighted by atomic mass is 16.3. The van der Waals surface area contributed by atoms with Crippen molar-refractivity contribution in [1.29, 1.82) is 0 Å². The number of amides is 2. The van der Waals surface area contributed by atoms with Gasteiger partial charge in [0.25, 0.3) is 0 Å². The first-order valence-corrected chi connectivity index (χ1v) is 7.45. The molecule has 1 aliphatic carbocycles. The number of aliphatic hydroxyl groups is 1. The van der Waals surface area contributed by atoms with Crippen molar-refractivity contribution in [3.05, 3.63) is 35.9 Å². The van der Waals surface area contributed by atoms with Crippen LogP contribution in [0.5, 0.6) is 0 Å². The Balaban J connectivity index is 1.95. The number of carbonyl (C=O) groups is 2. The van der Waals surface area contributed by atoms with Crippen LogP contribution in [0.25, 0.3) is 0 Å². The van der Waals surface area contributed by atoms with E-state index in [4.69, 9.17) is 5.11 Å². The maximum Gasteiger partial charge on any atom is 0.312 e. The molecule has 0 aromatic heterocycles. The van der Waals surface area contributed by atoms with Gasteiger partial charge in [0.1, 0.15) is 0 Å². The molecule has 1 saturated carbocycles. The van der Waals surface area contributed by atoms with Gasteiger partial charge in [-0.25, -0.2) is 0 Å². The molecule has 2 rings (SSSR count). The number of hydrogen-bond donors (Lipinski definition) is 2. The molecule has 0 unspecified atom stereocenters. The Bertz CT molecular complexity index is 470. The zero-order chi connectivity index (χ0) is 15.1. The van der Waals surface area contributed by atoms with Crippen LogP contribution in [0.4, 0.5) is 0 Å². The van der Waals surface area contributed by atoms with Crippen LogP contribution in [0.1, 0.15) is 31.2 Å². The molecule has 0 aliphatic heterocycles. The second-order valence-electron chi connectivity index (χ2n) is 5.39. The fourth-order valence-corrected chi connectivity index (χ4v) is 2.64. The van der Waals surface area contributed by atoms with Gasteiger partial charge in [0, 0.05) is 19.1 Å². The van der Waals surface area contributed by atoms with E-state index < -0.39 is 11.8 Å². The Morgan fingerprint density at radius 3 is 2.48 bits per heavy atom. The first kappa shape index (κ1) is 15.5. The molecule has 0 bridgehead atoms. The second kappa shape index (κ2) is 7.78. The van der Waals surface area contributed by atoms with Crippen molar-refractivity contribution in [2.45, 2.75) is 38.3 Å². The van der Waals surface area contributed by atoms with E-state index in [-0.39, 0.29) is 19.2 Å². The SMILES string of the molecule is O=C(NC1CCCC1)C(=O)N(CCO)Cc1ccccc1. The van der Waals surface area contributed by atoms with Gasteiger partial charge < -0.3 is 15.3 Å². The lowest BCUT2D eigenvalue weighted by atomic mass is 10.2. The first-order valence-electron chi connectivity index (χ1n) is 7.45. The molecule has 0 saturated heterocycles. The molecule has 2 amide bonds. The fraction of sp³-hybridized carbons (Fsp3) is 0.500. The molecule has 1 aliphatic rings. The quantitative estimate of drug-likeness (QED) is 0.797. The summed E-state index contributed by atoms with van der Waals surface area (Å²) in [7, 11) is 0. The predicted molar refractivity (Wildman–Crippen MR) is 79.3 cm³/mol. The second-order valence-corrected chi connectivity index (χ2v) is 5.39. The van der Waals surface area contributed by atoms with Crippen molar-refractivity contribution in [2.24, 2.45) is 0 Å². The van der Waals surface area contributed by atoms with Crippen molar-refractivity contribution in [3.8, 4) is 0 Å². The molecule has 1 aromatic rings. The lowest BCUT2D eigenvalue weighted by Gasteiger charge is -2.22. The van der Waals surface area contributed by atoms with Gasteiger partial charge in [-0.05, 0) is 18.4 Å². The Morgan fingerprint density at radius 1 is 1.19 bits per heavy atom. The van der Waals surface area contributed by atoms with Gasteiger partial charge >= 0.3 is 11.8 Å². The number of nitrogens with one attached hydrogen (secondary N) is 1. The van der Waals surface area contributed by atoms with Gasteiger partial charge in [-0.15, -0.1) is 0 Å². The third-order valence-corrected chi connectivity index (χ3v) is 3.76. The Labute approximate surface area is 125 Å². The summed E-state index contributed by atoms with van der Waals surface area (Å²) in [6.07, 6.45) is 4.09. The zero-order valence-corrected chi connectivity index (χ0v) is 12.1. The molecule has 114 valence electrons. The largest absolute Gasteiger partial charge is 0.395 e. The van der Waals surface area contributed by atoms with Crippen LogP contribution in [0.15, 0.2) is 30.3 Å². The van der Waals surface area contributed by atoms with Gasteiger partial charge in [0.05, 0.1) is 6.61 Å². The van der Waals surface area contributed by atoms with Gasteiger partial charge in [-0.2, -0.15) is 0 Å². The minimum atomic E-state index is -0.570. The molecular formula is C16H22N2O3. The average molecular weight is 290 g/mol. The maximum absolute atomic E-state index is 12.2. The molecule has 5 heteroatoms. The summed E-state index contributed by atoms with van der Waals surface area (Å²) in [4.78, 5) is 25.6. The molecule has 0 radical (unpaired) electrons. The fourth-order valence-electron chi connectivity index (χ4n) is 2.64. The molecule has 1 fully saturated rings. The maximum atomic E-state index is 12.2. The Morgan fingerprint density at radius 2 is 1.86 bits per heavy atom. The highest BCUT2D eigenvalue weighted by molar-refractivity contribution is 6.35. The number of hydrogen-bond acceptors (Lipinski definition) is 3. The van der Waals surface area contributed by atoms with Crippen molar-refractivity contribution in [1.82, 2.24) is 10.2 Å². The van der Waals surface area contributed by atoms with E-state index in [9.17, 15) is 9.59 Å². The van der Waals surface area contributed by atoms with Crippen LogP contribution in [-0.4, -0.2) is 41.0 Å². The smallest absolute Gasteiger partial charge is 0.312 e. The predicted octanol–water partition coefficient (Wildman–Crippen LogP) is 1.07. The van der Waals surface area contributed by atoms with Crippen LogP contribution in [-0.2, 0) is 16.1 Å². The molecule has 0 heterocycles. The van der Waals surface area contributed by atoms with Crippen LogP contribution >= 0.6 is 0 Å². The summed E-state index contributed by atoms with van der Waals surface area (Å²) in [5, 5.41) is 11.9. The number of aliphatic hydroxyl groups excluding tert-OH is 1. The molecule has 21 heavy (non-hydrogen) atoms. The van der Waals surface area contributed by atoms with Crippen molar-refractivity contribution in [2.75, 3.05) is 13.2 Å². The van der Waals surface area contributed by atoms with Gasteiger partial charge in [0.2, 0.25) is 0 Å². The zero-order valence-electron chi connectivity index (χ0n) is 12.1. The number of carbonyl (C=O) groups excluding carboxylic acids is 2. The lowest BCUT2D eigenvalue weighted by Crippen LogP contribution is -2.46. The van der Waals surface area contributed by atoms with Crippen LogP contribution in [0.2, 0.25) is 0 Å². The van der Waals surface area contributed by atoms with Gasteiger partial charge in [-0.1, -0.05) is 43.2 Å². The third kappa shape index (κ3) is 4.56. The molecule has 1 aromatic carbocycles. The molecular weight excluding hydrogens is 268 g/mol. The summed E-state index contributed by atoms with van der Waals surface area (Å²) < 4.78 is 0. The molecule has 2 N–H and O–H groups in total. The van der Waals surface area contributed by atoms with Crippen molar-refractivity contribution < 1.29 is 14.7 Å². The standard InChI is InChI=1S/C16H22N2O3/c19-11-10-18(12-13-6-2-1-3-7-13)16(21)15(20)17-14-8-4-5-9-14/h1-3,6-7,14,19H,4-5,8-12H2,(H,17,20). The van der Waals surface area contributed by atoms with E-state index in [1.165, 1.54) is 4.90 Å². The van der Waals surface area contributed by atoms with E-state index in [1.54, 1.807) is 0 Å².